The number of fused-ring (bicyclic) bond motifs is 9. The first kappa shape index (κ1) is 50.2. The number of hydrogen-bond acceptors (Lipinski definition) is 26. The van der Waals surface area contributed by atoms with Crippen molar-refractivity contribution in [1.82, 2.24) is 59.8 Å². The van der Waals surface area contributed by atoms with Crippen LogP contribution in [0, 0.1) is 0 Å². The predicted molar refractivity (Wildman–Crippen MR) is 275 cm³/mol. The van der Waals surface area contributed by atoms with Crippen molar-refractivity contribution in [3.8, 4) is 33.6 Å². The Labute approximate surface area is 442 Å². The monoisotopic (exact) mass is 1060 g/mol. The number of ketones is 8. The molecule has 0 aromatic carbocycles. The largest absolute Gasteiger partial charge is 0.292 e. The summed E-state index contributed by atoms with van der Waals surface area (Å²) in [4.78, 5) is 195. The second kappa shape index (κ2) is 20.3. The highest BCUT2D eigenvalue weighted by atomic mass is 16.2. The smallest absolute Gasteiger partial charge is 0.254 e. The highest BCUT2D eigenvalue weighted by Crippen LogP contribution is 2.32. The summed E-state index contributed by atoms with van der Waals surface area (Å²) in [7, 11) is 0. The van der Waals surface area contributed by atoms with Gasteiger partial charge in [0.2, 0.25) is 23.1 Å². The molecule has 2 unspecified atom stereocenters. The number of aliphatic imine (C=N–C) groups is 2. The number of Topliss-reactive ketones (excluding diaryl/α,β-unsaturated/α-hetero) is 4. The molecule has 80 heavy (non-hydrogen) atoms. The summed E-state index contributed by atoms with van der Waals surface area (Å²) in [6.45, 7) is 0. The maximum Gasteiger partial charge on any atom is 0.254 e. The number of carbonyl (C=O) groups is 8. The summed E-state index contributed by atoms with van der Waals surface area (Å²) in [5, 5.41) is 0. The highest BCUT2D eigenvalue weighted by Gasteiger charge is 2.37. The van der Waals surface area contributed by atoms with E-state index in [1.807, 2.05) is 0 Å². The summed E-state index contributed by atoms with van der Waals surface area (Å²) in [5.74, 6) is -3.30. The van der Waals surface area contributed by atoms with Gasteiger partial charge in [-0.15, -0.1) is 0 Å². The van der Waals surface area contributed by atoms with E-state index in [1.165, 1.54) is 61.8 Å². The molecule has 382 valence electrons. The lowest BCUT2D eigenvalue weighted by molar-refractivity contribution is -0.123. The van der Waals surface area contributed by atoms with Gasteiger partial charge in [-0.2, -0.15) is 0 Å². The molecule has 26 nitrogen and oxygen atoms in total. The van der Waals surface area contributed by atoms with E-state index in [-0.39, 0.29) is 78.9 Å². The minimum atomic E-state index is -0.872. The van der Waals surface area contributed by atoms with Crippen molar-refractivity contribution in [2.45, 2.75) is 12.1 Å². The molecule has 7 aliphatic rings. The number of carbonyl (C=O) groups excluding carboxylic acids is 8. The Morgan fingerprint density at radius 3 is 0.887 bits per heavy atom. The molecule has 8 aromatic rings. The predicted octanol–water partition coefficient (Wildman–Crippen LogP) is 1.11. The van der Waals surface area contributed by atoms with Gasteiger partial charge in [0.15, 0.2) is 11.6 Å². The molecule has 9 heterocycles. The quantitative estimate of drug-likeness (QED) is 0.152. The number of hydrogen-bond donors (Lipinski definition) is 0. The molecule has 8 aromatic heterocycles. The van der Waals surface area contributed by atoms with Crippen LogP contribution in [-0.2, 0) is 9.59 Å². The average molecular weight is 1060 g/mol. The molecule has 0 saturated carbocycles. The molecule has 0 fully saturated rings. The Morgan fingerprint density at radius 1 is 0.275 bits per heavy atom. The van der Waals surface area contributed by atoms with Gasteiger partial charge in [0, 0.05) is 84.3 Å². The van der Waals surface area contributed by atoms with Gasteiger partial charge in [-0.3, -0.25) is 87.5 Å². The second-order valence-electron chi connectivity index (χ2n) is 16.9. The van der Waals surface area contributed by atoms with Crippen LogP contribution in [0.15, 0.2) is 152 Å². The van der Waals surface area contributed by atoms with Crippen molar-refractivity contribution in [3.63, 3.8) is 0 Å². The molecule has 2 atom stereocenters. The molecule has 1 aliphatic heterocycles. The number of benzene rings is 2. The normalized spacial score (nSPS) is 15.8. The molecule has 0 radical (unpaired) electrons. The zero-order valence-corrected chi connectivity index (χ0v) is 40.0. The minimum absolute atomic E-state index is 0.0421. The van der Waals surface area contributed by atoms with Gasteiger partial charge in [0.1, 0.15) is 92.4 Å². The van der Waals surface area contributed by atoms with Crippen LogP contribution < -0.4 is 21.7 Å². The van der Waals surface area contributed by atoms with E-state index in [4.69, 9.17) is 0 Å². The molecule has 26 heteroatoms. The van der Waals surface area contributed by atoms with Crippen LogP contribution >= 0.6 is 0 Å². The summed E-state index contributed by atoms with van der Waals surface area (Å²) < 4.78 is 0. The van der Waals surface area contributed by atoms with Crippen LogP contribution in [-0.4, -0.2) is 131 Å². The summed E-state index contributed by atoms with van der Waals surface area (Å²) in [5.41, 5.74) is -0.504. The van der Waals surface area contributed by atoms with E-state index < -0.39 is 68.5 Å². The first-order valence-corrected chi connectivity index (χ1v) is 23.2. The topological polar surface area (TPSA) is 384 Å². The lowest BCUT2D eigenvalue weighted by Gasteiger charge is -2.20. The van der Waals surface area contributed by atoms with Crippen molar-refractivity contribution >= 4 is 80.8 Å². The third-order valence-electron chi connectivity index (χ3n) is 12.4. The molecule has 6 aliphatic carbocycles. The molecule has 0 amide bonds. The van der Waals surface area contributed by atoms with E-state index in [0.29, 0.717) is 33.6 Å². The van der Waals surface area contributed by atoms with Crippen LogP contribution in [0.4, 0.5) is 0 Å². The fraction of sp³-hybridized carbons (Fsp3) is 0.0370. The van der Waals surface area contributed by atoms with Gasteiger partial charge < -0.3 is 0 Å². The van der Waals surface area contributed by atoms with Crippen molar-refractivity contribution in [1.29, 1.82) is 0 Å². The lowest BCUT2D eigenvalue weighted by atomic mass is 9.90. The SMILES string of the molecule is O=C1C(=O)c2cccnc2-c2ncccc21.O=C1C(=O)c2ncccc2-c2cccnc21.O=C1C=CC(=O)C2N=CC=NC12.O=C1c2nccnc2C(=O)c2nccnc21.O=c1c(=O)c2ncnc3c2-c2c1ncnc2c(=O)c3=O. The Kier molecular flexibility index (Phi) is 12.7. The Hall–Kier alpha value is -12.0. The van der Waals surface area contributed by atoms with Crippen molar-refractivity contribution in [3.05, 3.63) is 209 Å². The van der Waals surface area contributed by atoms with E-state index in [2.05, 4.69) is 69.8 Å². The summed E-state index contributed by atoms with van der Waals surface area (Å²) >= 11 is 0. The van der Waals surface area contributed by atoms with Gasteiger partial charge in [0.25, 0.3) is 33.3 Å². The van der Waals surface area contributed by atoms with E-state index in [1.54, 1.807) is 60.9 Å². The minimum Gasteiger partial charge on any atom is -0.292 e. The van der Waals surface area contributed by atoms with Crippen LogP contribution in [0.25, 0.3) is 55.7 Å². The zero-order chi connectivity index (χ0) is 55.9. The number of aromatic nitrogens is 12. The zero-order valence-electron chi connectivity index (χ0n) is 40.0. The van der Waals surface area contributed by atoms with Crippen molar-refractivity contribution in [2.75, 3.05) is 0 Å². The lowest BCUT2D eigenvalue weighted by Crippen LogP contribution is -2.40. The first-order chi connectivity index (χ1) is 38.8. The third kappa shape index (κ3) is 8.43. The summed E-state index contributed by atoms with van der Waals surface area (Å²) in [6.07, 6.45) is 19.0. The van der Waals surface area contributed by atoms with E-state index in [9.17, 15) is 57.5 Å². The molecule has 0 spiro atoms. The van der Waals surface area contributed by atoms with Gasteiger partial charge >= 0.3 is 0 Å². The van der Waals surface area contributed by atoms with Crippen molar-refractivity contribution < 1.29 is 38.4 Å². The Bertz CT molecular complexity index is 4150. The molecular weight excluding hydrogens is 1040 g/mol. The maximum atomic E-state index is 12.0. The van der Waals surface area contributed by atoms with Gasteiger partial charge in [-0.25, -0.2) is 39.9 Å². The van der Waals surface area contributed by atoms with E-state index in [0.717, 1.165) is 12.7 Å². The number of pyridine rings is 4. The van der Waals surface area contributed by atoms with E-state index >= 15 is 0 Å². The van der Waals surface area contributed by atoms with Crippen LogP contribution in [0.1, 0.15) is 74.1 Å². The molecule has 0 saturated heterocycles. The average Bonchev–Trinajstić information content (AvgIpc) is 3.58. The second-order valence-corrected chi connectivity index (χ2v) is 16.9. The summed E-state index contributed by atoms with van der Waals surface area (Å²) in [6, 6.07) is 12.3. The highest BCUT2D eigenvalue weighted by molar-refractivity contribution is 6.53. The van der Waals surface area contributed by atoms with Gasteiger partial charge in [-0.1, -0.05) is 12.1 Å². The maximum absolute atomic E-state index is 12.0. The van der Waals surface area contributed by atoms with Gasteiger partial charge in [-0.05, 0) is 48.6 Å². The standard InChI is InChI=1S/C12H2N4O4.2C12H6N2O2.C10H4N4O2.C8H6N2O2/c17-9-5-3-4-7(11(9)19)15-2-16-8(4)12(20)10(18)6(3)14-1-13-5;15-11-7-3-1-5-13-9(7)10-8(12(11)16)4-2-6-14-10;15-11-9-7(3-1-5-13-9)8-4-2-6-14-10(8)12(11)16;15-9-5-6(12-2-1-11-5)10(16)8-7(9)13-3-4-14-8;11-5-1-2-6(12)8-7(5)9-3-4-10-8/h1-2H;2*1-6H;1-4H;1-4,7-8H. The molecule has 0 N–H and O–H groups in total. The van der Waals surface area contributed by atoms with Crippen LogP contribution in [0.5, 0.6) is 0 Å². The fourth-order valence-corrected chi connectivity index (χ4v) is 8.79. The fourth-order valence-electron chi connectivity index (χ4n) is 8.79. The van der Waals surface area contributed by atoms with Crippen LogP contribution in [0.3, 0.4) is 0 Å². The Morgan fingerprint density at radius 2 is 0.562 bits per heavy atom. The third-order valence-corrected chi connectivity index (χ3v) is 12.4. The number of nitrogens with zero attached hydrogens (tertiary/aromatic N) is 14. The van der Waals surface area contributed by atoms with Gasteiger partial charge in [0.05, 0.1) is 11.1 Å². The molecule has 0 bridgehead atoms. The van der Waals surface area contributed by atoms with Crippen LogP contribution in [0.2, 0.25) is 0 Å². The molecule has 15 rings (SSSR count). The van der Waals surface area contributed by atoms with Crippen molar-refractivity contribution in [2.24, 2.45) is 9.98 Å². The number of rotatable bonds is 0. The Balaban J connectivity index is 0.000000106. The molecular formula is C54H24N14O12. The first-order valence-electron chi connectivity index (χ1n) is 23.2.